The summed E-state index contributed by atoms with van der Waals surface area (Å²) in [7, 11) is 1.55. The predicted octanol–water partition coefficient (Wildman–Crippen LogP) is 4.51. The van der Waals surface area contributed by atoms with Crippen molar-refractivity contribution in [2.75, 3.05) is 7.11 Å². The monoisotopic (exact) mass is 397 g/mol. The number of rotatable bonds is 4. The average Bonchev–Trinajstić information content (AvgIpc) is 3.35. The Hall–Kier alpha value is -2.60. The second-order valence-electron chi connectivity index (χ2n) is 7.25. The number of Topliss-reactive ketones (excluding diaryl/α,β-unsaturated/α-hetero) is 1. The number of ether oxygens (including phenoxy) is 1. The van der Waals surface area contributed by atoms with Crippen molar-refractivity contribution in [3.63, 3.8) is 0 Å². The second kappa shape index (κ2) is 7.80. The van der Waals surface area contributed by atoms with E-state index in [1.54, 1.807) is 36.3 Å². The number of hydrogen-bond donors (Lipinski definition) is 1. The number of ketones is 1. The lowest BCUT2D eigenvalue weighted by molar-refractivity contribution is -0.141. The van der Waals surface area contributed by atoms with Crippen LogP contribution < -0.4 is 4.74 Å². The van der Waals surface area contributed by atoms with E-state index in [1.807, 2.05) is 17.5 Å². The van der Waals surface area contributed by atoms with Gasteiger partial charge in [-0.05, 0) is 36.4 Å². The van der Waals surface area contributed by atoms with Gasteiger partial charge in [-0.15, -0.1) is 11.3 Å². The molecule has 1 amide bonds. The SMILES string of the molecule is COc1cccc(/C(O)=C2/C(=O)C(=O)N(C3CCCCC3)C2c2cccs2)c1. The number of nitrogens with zero attached hydrogens (tertiary/aromatic N) is 1. The molecule has 1 saturated heterocycles. The van der Waals surface area contributed by atoms with E-state index in [0.29, 0.717) is 11.3 Å². The number of methoxy groups -OCH3 is 1. The summed E-state index contributed by atoms with van der Waals surface area (Å²) in [5.41, 5.74) is 0.647. The van der Waals surface area contributed by atoms with Gasteiger partial charge >= 0.3 is 0 Å². The Morgan fingerprint density at radius 3 is 2.61 bits per heavy atom. The highest BCUT2D eigenvalue weighted by molar-refractivity contribution is 7.10. The van der Waals surface area contributed by atoms with Crippen molar-refractivity contribution in [2.45, 2.75) is 44.2 Å². The lowest BCUT2D eigenvalue weighted by atomic mass is 9.93. The van der Waals surface area contributed by atoms with Crippen LogP contribution in [0.15, 0.2) is 47.4 Å². The third-order valence-corrected chi connectivity index (χ3v) is 6.53. The zero-order chi connectivity index (χ0) is 19.7. The van der Waals surface area contributed by atoms with Crippen molar-refractivity contribution in [3.05, 3.63) is 57.8 Å². The van der Waals surface area contributed by atoms with E-state index in [2.05, 4.69) is 0 Å². The predicted molar refractivity (Wildman–Crippen MR) is 108 cm³/mol. The molecular weight excluding hydrogens is 374 g/mol. The summed E-state index contributed by atoms with van der Waals surface area (Å²) in [6.07, 6.45) is 5.07. The summed E-state index contributed by atoms with van der Waals surface area (Å²) in [6.45, 7) is 0. The van der Waals surface area contributed by atoms with Gasteiger partial charge in [0.05, 0.1) is 18.7 Å². The lowest BCUT2D eigenvalue weighted by Crippen LogP contribution is -2.40. The smallest absolute Gasteiger partial charge is 0.295 e. The summed E-state index contributed by atoms with van der Waals surface area (Å²) in [4.78, 5) is 28.6. The van der Waals surface area contributed by atoms with Crippen molar-refractivity contribution in [1.29, 1.82) is 0 Å². The third-order valence-electron chi connectivity index (χ3n) is 5.60. The number of amides is 1. The van der Waals surface area contributed by atoms with Gasteiger partial charge in [0, 0.05) is 16.5 Å². The first-order valence-corrected chi connectivity index (χ1v) is 10.5. The Labute approximate surface area is 168 Å². The fourth-order valence-electron chi connectivity index (χ4n) is 4.24. The maximum atomic E-state index is 13.0. The summed E-state index contributed by atoms with van der Waals surface area (Å²) >= 11 is 1.50. The molecule has 1 unspecified atom stereocenters. The molecule has 5 nitrogen and oxygen atoms in total. The van der Waals surface area contributed by atoms with Crippen LogP contribution in [0.25, 0.3) is 5.76 Å². The maximum absolute atomic E-state index is 13.0. The van der Waals surface area contributed by atoms with Crippen molar-refractivity contribution in [2.24, 2.45) is 0 Å². The number of aliphatic hydroxyl groups excluding tert-OH is 1. The molecule has 1 aromatic carbocycles. The van der Waals surface area contributed by atoms with Crippen molar-refractivity contribution in [1.82, 2.24) is 4.90 Å². The molecule has 28 heavy (non-hydrogen) atoms. The van der Waals surface area contributed by atoms with E-state index in [4.69, 9.17) is 4.74 Å². The molecule has 1 aliphatic heterocycles. The van der Waals surface area contributed by atoms with Crippen molar-refractivity contribution < 1.29 is 19.4 Å². The van der Waals surface area contributed by atoms with E-state index in [-0.39, 0.29) is 17.4 Å². The van der Waals surface area contributed by atoms with Crippen LogP contribution in [-0.2, 0) is 9.59 Å². The molecule has 1 N–H and O–H groups in total. The van der Waals surface area contributed by atoms with Crippen LogP contribution >= 0.6 is 11.3 Å². The van der Waals surface area contributed by atoms with Gasteiger partial charge in [0.25, 0.3) is 11.7 Å². The Balaban J connectivity index is 1.84. The van der Waals surface area contributed by atoms with Gasteiger partial charge in [-0.1, -0.05) is 37.5 Å². The number of likely N-dealkylation sites (tertiary alicyclic amines) is 1. The second-order valence-corrected chi connectivity index (χ2v) is 8.22. The Bertz CT molecular complexity index is 912. The van der Waals surface area contributed by atoms with Gasteiger partial charge in [0.15, 0.2) is 0 Å². The maximum Gasteiger partial charge on any atom is 0.295 e. The highest BCUT2D eigenvalue weighted by atomic mass is 32.1. The molecule has 2 aromatic rings. The van der Waals surface area contributed by atoms with Gasteiger partial charge in [0.1, 0.15) is 11.5 Å². The molecule has 1 aliphatic carbocycles. The van der Waals surface area contributed by atoms with Crippen LogP contribution in [0.4, 0.5) is 0 Å². The van der Waals surface area contributed by atoms with Crippen LogP contribution in [0.5, 0.6) is 5.75 Å². The highest BCUT2D eigenvalue weighted by Gasteiger charge is 2.49. The summed E-state index contributed by atoms with van der Waals surface area (Å²) in [6, 6.07) is 10.3. The zero-order valence-electron chi connectivity index (χ0n) is 15.8. The van der Waals surface area contributed by atoms with E-state index < -0.39 is 17.7 Å². The molecule has 0 bridgehead atoms. The quantitative estimate of drug-likeness (QED) is 0.468. The minimum absolute atomic E-state index is 0.0351. The summed E-state index contributed by atoms with van der Waals surface area (Å²) in [5, 5.41) is 13.0. The van der Waals surface area contributed by atoms with E-state index in [1.165, 1.54) is 11.3 Å². The molecule has 6 heteroatoms. The minimum Gasteiger partial charge on any atom is -0.507 e. The van der Waals surface area contributed by atoms with E-state index in [0.717, 1.165) is 37.0 Å². The number of aliphatic hydroxyl groups is 1. The molecule has 1 aromatic heterocycles. The fraction of sp³-hybridized carbons (Fsp3) is 0.364. The molecule has 2 aliphatic rings. The van der Waals surface area contributed by atoms with Crippen LogP contribution in [0, 0.1) is 0 Å². The number of carbonyl (C=O) groups is 2. The summed E-state index contributed by atoms with van der Waals surface area (Å²) < 4.78 is 5.24. The van der Waals surface area contributed by atoms with Crippen molar-refractivity contribution in [3.8, 4) is 5.75 Å². The minimum atomic E-state index is -0.607. The fourth-order valence-corrected chi connectivity index (χ4v) is 5.07. The first-order chi connectivity index (χ1) is 13.6. The van der Waals surface area contributed by atoms with Crippen LogP contribution in [0.2, 0.25) is 0 Å². The molecule has 4 rings (SSSR count). The van der Waals surface area contributed by atoms with Gasteiger partial charge in [-0.25, -0.2) is 0 Å². The van der Waals surface area contributed by atoms with Crippen LogP contribution in [0.3, 0.4) is 0 Å². The molecule has 1 saturated carbocycles. The van der Waals surface area contributed by atoms with Gasteiger partial charge in [-0.3, -0.25) is 9.59 Å². The zero-order valence-corrected chi connectivity index (χ0v) is 16.6. The molecule has 146 valence electrons. The number of thiophene rings is 1. The molecule has 2 heterocycles. The Morgan fingerprint density at radius 2 is 1.93 bits per heavy atom. The van der Waals surface area contributed by atoms with Gasteiger partial charge in [-0.2, -0.15) is 0 Å². The highest BCUT2D eigenvalue weighted by Crippen LogP contribution is 2.44. The topological polar surface area (TPSA) is 66.8 Å². The number of carbonyl (C=O) groups excluding carboxylic acids is 2. The normalized spacial score (nSPS) is 22.6. The number of benzene rings is 1. The van der Waals surface area contributed by atoms with Gasteiger partial charge in [0.2, 0.25) is 0 Å². The molecule has 0 spiro atoms. The number of hydrogen-bond acceptors (Lipinski definition) is 5. The summed E-state index contributed by atoms with van der Waals surface area (Å²) in [5.74, 6) is -0.675. The van der Waals surface area contributed by atoms with E-state index >= 15 is 0 Å². The largest absolute Gasteiger partial charge is 0.507 e. The van der Waals surface area contributed by atoms with Crippen molar-refractivity contribution >= 4 is 28.8 Å². The van der Waals surface area contributed by atoms with Gasteiger partial charge < -0.3 is 14.7 Å². The van der Waals surface area contributed by atoms with E-state index in [9.17, 15) is 14.7 Å². The first-order valence-electron chi connectivity index (χ1n) is 9.59. The standard InChI is InChI=1S/C22H23NO4S/c1-27-16-10-5-7-14(13-16)20(24)18-19(17-11-6-12-28-17)23(22(26)21(18)25)15-8-3-2-4-9-15/h5-7,10-13,15,19,24H,2-4,8-9H2,1H3/b20-18-. The molecule has 1 atom stereocenters. The first kappa shape index (κ1) is 18.7. The Kier molecular flexibility index (Phi) is 5.22. The molecule has 0 radical (unpaired) electrons. The molecular formula is C22H23NO4S. The van der Waals surface area contributed by atoms with Crippen LogP contribution in [-0.4, -0.2) is 34.8 Å². The third kappa shape index (κ3) is 3.22. The average molecular weight is 397 g/mol. The van der Waals surface area contributed by atoms with Crippen LogP contribution in [0.1, 0.15) is 48.6 Å². The lowest BCUT2D eigenvalue weighted by Gasteiger charge is -2.34. The Morgan fingerprint density at radius 1 is 1.14 bits per heavy atom. The molecule has 2 fully saturated rings.